The van der Waals surface area contributed by atoms with Crippen LogP contribution in [0, 0.1) is 0 Å². The Hall–Kier alpha value is -2.41. The van der Waals surface area contributed by atoms with Crippen LogP contribution in [-0.2, 0) is 6.18 Å². The molecule has 0 aliphatic rings. The highest BCUT2D eigenvalue weighted by Gasteiger charge is 2.36. The third-order valence-electron chi connectivity index (χ3n) is 3.49. The summed E-state index contributed by atoms with van der Waals surface area (Å²) >= 11 is 3.24. The van der Waals surface area contributed by atoms with Gasteiger partial charge in [0.25, 0.3) is 0 Å². The summed E-state index contributed by atoms with van der Waals surface area (Å²) in [5, 5.41) is 9.37. The number of pyridine rings is 1. The molecule has 0 saturated carbocycles. The van der Waals surface area contributed by atoms with Crippen LogP contribution in [0.5, 0.6) is 0 Å². The Balaban J connectivity index is 2.30. The maximum absolute atomic E-state index is 13.4. The first-order valence-corrected chi connectivity index (χ1v) is 7.56. The highest BCUT2D eigenvalue weighted by Crippen LogP contribution is 2.38. The van der Waals surface area contributed by atoms with Crippen molar-refractivity contribution in [2.45, 2.75) is 6.18 Å². The van der Waals surface area contributed by atoms with Crippen LogP contribution in [0.1, 0.15) is 16.1 Å². The topological polar surface area (TPSA) is 50.2 Å². The molecule has 3 aromatic rings. The van der Waals surface area contributed by atoms with Crippen LogP contribution in [-0.4, -0.2) is 16.1 Å². The van der Waals surface area contributed by atoms with Crippen LogP contribution in [0.25, 0.3) is 22.0 Å². The number of benzene rings is 2. The fourth-order valence-electron chi connectivity index (χ4n) is 2.38. The molecule has 3 nitrogen and oxygen atoms in total. The van der Waals surface area contributed by atoms with E-state index >= 15 is 0 Å². The monoisotopic (exact) mass is 395 g/mol. The number of aromatic carboxylic acids is 1. The van der Waals surface area contributed by atoms with Gasteiger partial charge in [-0.2, -0.15) is 13.2 Å². The van der Waals surface area contributed by atoms with Gasteiger partial charge in [-0.1, -0.05) is 28.1 Å². The Labute approximate surface area is 142 Å². The molecule has 0 radical (unpaired) electrons. The van der Waals surface area contributed by atoms with Gasteiger partial charge >= 0.3 is 12.1 Å². The maximum atomic E-state index is 13.4. The van der Waals surface area contributed by atoms with Crippen molar-refractivity contribution in [1.29, 1.82) is 0 Å². The summed E-state index contributed by atoms with van der Waals surface area (Å²) in [6, 6.07) is 11.5. The first-order chi connectivity index (χ1) is 11.3. The second-order valence-corrected chi connectivity index (χ2v) is 6.02. The average Bonchev–Trinajstić information content (AvgIpc) is 2.53. The Bertz CT molecular complexity index is 937. The number of halogens is 4. The predicted octanol–water partition coefficient (Wildman–Crippen LogP) is 5.38. The molecule has 0 saturated heterocycles. The van der Waals surface area contributed by atoms with Gasteiger partial charge in [0, 0.05) is 15.4 Å². The largest absolute Gasteiger partial charge is 0.478 e. The molecule has 0 unspecified atom stereocenters. The molecular formula is C17H9BrF3NO2. The Morgan fingerprint density at radius 1 is 1.04 bits per heavy atom. The summed E-state index contributed by atoms with van der Waals surface area (Å²) in [7, 11) is 0. The minimum atomic E-state index is -4.62. The second-order valence-electron chi connectivity index (χ2n) is 5.10. The van der Waals surface area contributed by atoms with E-state index in [9.17, 15) is 18.0 Å². The second kappa shape index (κ2) is 5.90. The summed E-state index contributed by atoms with van der Waals surface area (Å²) < 4.78 is 40.9. The van der Waals surface area contributed by atoms with Crippen molar-refractivity contribution in [3.05, 3.63) is 64.3 Å². The molecule has 1 N–H and O–H groups in total. The summed E-state index contributed by atoms with van der Waals surface area (Å²) in [6.45, 7) is 0. The van der Waals surface area contributed by atoms with Crippen LogP contribution >= 0.6 is 15.9 Å². The smallest absolute Gasteiger partial charge is 0.433 e. The lowest BCUT2D eigenvalue weighted by Gasteiger charge is -2.14. The molecule has 0 spiro atoms. The summed E-state index contributed by atoms with van der Waals surface area (Å²) in [5.74, 6) is -1.15. The van der Waals surface area contributed by atoms with E-state index in [4.69, 9.17) is 5.11 Å². The molecule has 0 aliphatic carbocycles. The van der Waals surface area contributed by atoms with Gasteiger partial charge in [-0.05, 0) is 42.0 Å². The lowest BCUT2D eigenvalue weighted by molar-refractivity contribution is -0.140. The lowest BCUT2D eigenvalue weighted by atomic mass is 10.0. The van der Waals surface area contributed by atoms with Gasteiger partial charge in [-0.25, -0.2) is 9.78 Å². The van der Waals surface area contributed by atoms with E-state index in [0.717, 1.165) is 4.47 Å². The van der Waals surface area contributed by atoms with E-state index in [0.29, 0.717) is 10.9 Å². The van der Waals surface area contributed by atoms with Crippen LogP contribution in [0.3, 0.4) is 0 Å². The van der Waals surface area contributed by atoms with Crippen LogP contribution in [0.15, 0.2) is 53.0 Å². The number of alkyl halides is 3. The summed E-state index contributed by atoms with van der Waals surface area (Å²) in [4.78, 5) is 14.8. The fraction of sp³-hybridized carbons (Fsp3) is 0.0588. The molecule has 0 bridgehead atoms. The van der Waals surface area contributed by atoms with Gasteiger partial charge in [0.2, 0.25) is 0 Å². The fourth-order valence-corrected chi connectivity index (χ4v) is 2.64. The Morgan fingerprint density at radius 2 is 1.71 bits per heavy atom. The van der Waals surface area contributed by atoms with Crippen molar-refractivity contribution in [1.82, 2.24) is 4.98 Å². The number of carbonyl (C=O) groups is 1. The molecular weight excluding hydrogens is 387 g/mol. The molecule has 0 aliphatic heterocycles. The molecule has 1 heterocycles. The number of hydrogen-bond acceptors (Lipinski definition) is 2. The number of aromatic nitrogens is 1. The van der Waals surface area contributed by atoms with Crippen molar-refractivity contribution in [2.75, 3.05) is 0 Å². The first-order valence-electron chi connectivity index (χ1n) is 6.77. The molecule has 3 rings (SSSR count). The van der Waals surface area contributed by atoms with Gasteiger partial charge in [-0.15, -0.1) is 0 Å². The van der Waals surface area contributed by atoms with Crippen molar-refractivity contribution in [3.63, 3.8) is 0 Å². The molecule has 1 aromatic heterocycles. The third-order valence-corrected chi connectivity index (χ3v) is 4.01. The number of fused-ring (bicyclic) bond motifs is 1. The maximum Gasteiger partial charge on any atom is 0.433 e. The summed E-state index contributed by atoms with van der Waals surface area (Å²) in [5.41, 5.74) is -0.662. The van der Waals surface area contributed by atoms with Crippen molar-refractivity contribution < 1.29 is 23.1 Å². The minimum absolute atomic E-state index is 0.00850. The zero-order chi connectivity index (χ0) is 17.5. The number of rotatable bonds is 2. The van der Waals surface area contributed by atoms with E-state index in [1.165, 1.54) is 24.3 Å². The average molecular weight is 396 g/mol. The number of nitrogens with zero attached hydrogens (tertiary/aromatic N) is 1. The molecule has 2 aromatic carbocycles. The van der Waals surface area contributed by atoms with Gasteiger partial charge in [0.15, 0.2) is 5.69 Å². The number of hydrogen-bond donors (Lipinski definition) is 1. The standard InChI is InChI=1S/C17H9BrF3NO2/c18-12-4-1-9(2-5-12)13-8-11-7-10(16(23)24)3-6-14(11)22-15(13)17(19,20)21/h1-8H,(H,23,24). The molecule has 0 amide bonds. The Kier molecular flexibility index (Phi) is 4.04. The molecule has 0 atom stereocenters. The van der Waals surface area contributed by atoms with Crippen molar-refractivity contribution >= 4 is 32.8 Å². The van der Waals surface area contributed by atoms with Gasteiger partial charge in [0.1, 0.15) is 0 Å². The van der Waals surface area contributed by atoms with Crippen LogP contribution in [0.4, 0.5) is 13.2 Å². The van der Waals surface area contributed by atoms with E-state index in [-0.39, 0.29) is 16.6 Å². The minimum Gasteiger partial charge on any atom is -0.478 e. The van der Waals surface area contributed by atoms with E-state index in [2.05, 4.69) is 20.9 Å². The quantitative estimate of drug-likeness (QED) is 0.633. The van der Waals surface area contributed by atoms with E-state index in [1.807, 2.05) is 0 Å². The Morgan fingerprint density at radius 3 is 2.29 bits per heavy atom. The first kappa shape index (κ1) is 16.4. The normalized spacial score (nSPS) is 11.7. The molecule has 0 fully saturated rings. The zero-order valence-corrected chi connectivity index (χ0v) is 13.5. The van der Waals surface area contributed by atoms with Gasteiger partial charge in [-0.3, -0.25) is 0 Å². The highest BCUT2D eigenvalue weighted by atomic mass is 79.9. The van der Waals surface area contributed by atoms with Crippen LogP contribution in [0.2, 0.25) is 0 Å². The highest BCUT2D eigenvalue weighted by molar-refractivity contribution is 9.10. The molecule has 24 heavy (non-hydrogen) atoms. The lowest BCUT2D eigenvalue weighted by Crippen LogP contribution is -2.10. The van der Waals surface area contributed by atoms with Gasteiger partial charge < -0.3 is 5.11 Å². The predicted molar refractivity (Wildman–Crippen MR) is 86.8 cm³/mol. The number of carboxylic acid groups (broad SMARTS) is 1. The van der Waals surface area contributed by atoms with E-state index in [1.54, 1.807) is 24.3 Å². The molecule has 122 valence electrons. The van der Waals surface area contributed by atoms with Crippen LogP contribution < -0.4 is 0 Å². The third kappa shape index (κ3) is 3.12. The van der Waals surface area contributed by atoms with Gasteiger partial charge in [0.05, 0.1) is 11.1 Å². The van der Waals surface area contributed by atoms with Crippen molar-refractivity contribution in [2.24, 2.45) is 0 Å². The van der Waals surface area contributed by atoms with E-state index < -0.39 is 17.8 Å². The van der Waals surface area contributed by atoms with Crippen molar-refractivity contribution in [3.8, 4) is 11.1 Å². The SMILES string of the molecule is O=C(O)c1ccc2nc(C(F)(F)F)c(-c3ccc(Br)cc3)cc2c1. The zero-order valence-electron chi connectivity index (χ0n) is 11.9. The number of carboxylic acids is 1. The summed E-state index contributed by atoms with van der Waals surface area (Å²) in [6.07, 6.45) is -4.62. The molecule has 7 heteroatoms.